The summed E-state index contributed by atoms with van der Waals surface area (Å²) in [5, 5.41) is 0. The van der Waals surface area contributed by atoms with E-state index >= 15 is 0 Å². The van der Waals surface area contributed by atoms with Crippen molar-refractivity contribution in [3.05, 3.63) is 81.9 Å². The number of carbonyl (C=O) groups excluding carboxylic acids is 3. The summed E-state index contributed by atoms with van der Waals surface area (Å²) in [6.45, 7) is 5.31. The van der Waals surface area contributed by atoms with E-state index in [-0.39, 0.29) is 43.3 Å². The first-order valence-electron chi connectivity index (χ1n) is 11.9. The zero-order valence-corrected chi connectivity index (χ0v) is 22.9. The van der Waals surface area contributed by atoms with Gasteiger partial charge in [0.25, 0.3) is 0 Å². The molecule has 0 spiro atoms. The highest BCUT2D eigenvalue weighted by Gasteiger charge is 2.48. The van der Waals surface area contributed by atoms with Gasteiger partial charge in [-0.2, -0.15) is 13.5 Å². The second-order valence-corrected chi connectivity index (χ2v) is 9.57. The molecule has 37 heavy (non-hydrogen) atoms. The lowest BCUT2D eigenvalue weighted by Crippen LogP contribution is -2.35. The molecule has 1 saturated carbocycles. The number of methoxy groups -OCH3 is 2. The predicted molar refractivity (Wildman–Crippen MR) is 142 cm³/mol. The molecular formula is C29H34F2O5S. The molecule has 200 valence electrons. The van der Waals surface area contributed by atoms with Crippen molar-refractivity contribution in [2.45, 2.75) is 63.7 Å². The van der Waals surface area contributed by atoms with Crippen molar-refractivity contribution >= 4 is 31.2 Å². The van der Waals surface area contributed by atoms with E-state index in [2.05, 4.69) is 0 Å². The van der Waals surface area contributed by atoms with Gasteiger partial charge in [-0.15, -0.1) is 0 Å². The Balaban J connectivity index is 0.000000253. The third kappa shape index (κ3) is 5.64. The normalized spacial score (nSPS) is 22.4. The molecule has 2 aliphatic carbocycles. The molecule has 0 heterocycles. The number of Topliss-reactive ketones (excluding diaryl/α,β-unsaturated/α-hetero) is 1. The van der Waals surface area contributed by atoms with Crippen LogP contribution in [-0.4, -0.2) is 31.9 Å². The van der Waals surface area contributed by atoms with Gasteiger partial charge in [-0.25, -0.2) is 8.78 Å². The van der Waals surface area contributed by atoms with Crippen molar-refractivity contribution in [2.75, 3.05) is 14.2 Å². The zero-order valence-electron chi connectivity index (χ0n) is 21.9. The van der Waals surface area contributed by atoms with E-state index in [0.717, 1.165) is 12.0 Å². The summed E-state index contributed by atoms with van der Waals surface area (Å²) in [7, 11) is 2.67. The number of ether oxygens (including phenoxy) is 2. The van der Waals surface area contributed by atoms with Gasteiger partial charge in [-0.1, -0.05) is 35.9 Å². The molecule has 2 aliphatic rings. The minimum absolute atomic E-state index is 0. The van der Waals surface area contributed by atoms with Gasteiger partial charge in [0.2, 0.25) is 0 Å². The Labute approximate surface area is 223 Å². The van der Waals surface area contributed by atoms with E-state index in [1.807, 2.05) is 19.1 Å². The Morgan fingerprint density at radius 3 is 1.81 bits per heavy atom. The highest BCUT2D eigenvalue weighted by molar-refractivity contribution is 7.59. The molecule has 1 fully saturated rings. The smallest absolute Gasteiger partial charge is 0.320 e. The molecule has 0 saturated heterocycles. The first kappa shape index (κ1) is 30.2. The van der Waals surface area contributed by atoms with Crippen molar-refractivity contribution in [2.24, 2.45) is 0 Å². The molecule has 8 heteroatoms. The summed E-state index contributed by atoms with van der Waals surface area (Å²) in [6.07, 6.45) is 4.24. The third-order valence-corrected chi connectivity index (χ3v) is 7.39. The average molecular weight is 533 g/mol. The second-order valence-electron chi connectivity index (χ2n) is 9.57. The van der Waals surface area contributed by atoms with Crippen LogP contribution >= 0.6 is 13.5 Å². The maximum Gasteiger partial charge on any atom is 0.320 e. The predicted octanol–water partition coefficient (Wildman–Crippen LogP) is 5.70. The Morgan fingerprint density at radius 1 is 0.811 bits per heavy atom. The fourth-order valence-electron chi connectivity index (χ4n) is 5.42. The Hall–Kier alpha value is -3.00. The van der Waals surface area contributed by atoms with Crippen LogP contribution in [-0.2, 0) is 34.7 Å². The standard InChI is InChI=1S/C15H17FO2.C14H15FO3.H2S/c1-10-7-8-15(9-10,14(17)18-3)12-5-4-6-13(16)11(12)2;1-9-11(4-3-5-12(9)15)14(13(17)18-2)7-6-10(16)8-14;/h4-6,9H,7-8H2,1-3H3;3-5H,6-8H2,1-2H3;1H2/t15-;14-;/m00./s1. The van der Waals surface area contributed by atoms with Gasteiger partial charge in [0.15, 0.2) is 0 Å². The number of benzene rings is 2. The summed E-state index contributed by atoms with van der Waals surface area (Å²) in [5.74, 6) is -1.40. The first-order chi connectivity index (χ1) is 17.0. The second kappa shape index (κ2) is 12.0. The van der Waals surface area contributed by atoms with Crippen LogP contribution in [0.2, 0.25) is 0 Å². The fraction of sp³-hybridized carbons (Fsp3) is 0.414. The van der Waals surface area contributed by atoms with Crippen LogP contribution in [0.25, 0.3) is 0 Å². The number of esters is 2. The lowest BCUT2D eigenvalue weighted by Gasteiger charge is -2.27. The highest BCUT2D eigenvalue weighted by atomic mass is 32.1. The molecule has 2 aromatic rings. The number of allylic oxidation sites excluding steroid dienone is 1. The molecule has 2 aromatic carbocycles. The third-order valence-electron chi connectivity index (χ3n) is 7.39. The number of carbonyl (C=O) groups is 3. The monoisotopic (exact) mass is 532 g/mol. The Kier molecular flexibility index (Phi) is 9.83. The summed E-state index contributed by atoms with van der Waals surface area (Å²) in [6, 6.07) is 9.48. The molecule has 2 atom stereocenters. The van der Waals surface area contributed by atoms with E-state index in [4.69, 9.17) is 9.47 Å². The Bertz CT molecular complexity index is 1220. The largest absolute Gasteiger partial charge is 0.468 e. The highest BCUT2D eigenvalue weighted by Crippen LogP contribution is 2.43. The van der Waals surface area contributed by atoms with Gasteiger partial charge in [0.1, 0.15) is 28.2 Å². The molecule has 0 aliphatic heterocycles. The summed E-state index contributed by atoms with van der Waals surface area (Å²) < 4.78 is 37.1. The quantitative estimate of drug-likeness (QED) is 0.374. The molecule has 0 N–H and O–H groups in total. The molecule has 4 rings (SSSR count). The molecule has 0 radical (unpaired) electrons. The number of ketones is 1. The topological polar surface area (TPSA) is 69.7 Å². The fourth-order valence-corrected chi connectivity index (χ4v) is 5.42. The van der Waals surface area contributed by atoms with Crippen LogP contribution in [0.1, 0.15) is 61.3 Å². The van der Waals surface area contributed by atoms with Crippen molar-refractivity contribution in [3.8, 4) is 0 Å². The lowest BCUT2D eigenvalue weighted by molar-refractivity contribution is -0.148. The van der Waals surface area contributed by atoms with Crippen molar-refractivity contribution in [3.63, 3.8) is 0 Å². The number of halogens is 2. The van der Waals surface area contributed by atoms with Crippen LogP contribution in [0.15, 0.2) is 48.0 Å². The van der Waals surface area contributed by atoms with Crippen LogP contribution < -0.4 is 0 Å². The summed E-state index contributed by atoms with van der Waals surface area (Å²) in [4.78, 5) is 35.8. The molecule has 5 nitrogen and oxygen atoms in total. The molecule has 0 amide bonds. The first-order valence-corrected chi connectivity index (χ1v) is 11.9. The van der Waals surface area contributed by atoms with Crippen molar-refractivity contribution in [1.82, 2.24) is 0 Å². The number of hydrogen-bond acceptors (Lipinski definition) is 5. The maximum atomic E-state index is 13.7. The van der Waals surface area contributed by atoms with Crippen LogP contribution in [0, 0.1) is 25.5 Å². The zero-order chi connectivity index (χ0) is 26.7. The molecule has 0 unspecified atom stereocenters. The molecule has 0 aromatic heterocycles. The minimum Gasteiger partial charge on any atom is -0.468 e. The molecule has 0 bridgehead atoms. The lowest BCUT2D eigenvalue weighted by atomic mass is 9.76. The van der Waals surface area contributed by atoms with Crippen LogP contribution in [0.3, 0.4) is 0 Å². The van der Waals surface area contributed by atoms with E-state index in [9.17, 15) is 23.2 Å². The van der Waals surface area contributed by atoms with Gasteiger partial charge in [0.05, 0.1) is 14.2 Å². The summed E-state index contributed by atoms with van der Waals surface area (Å²) in [5.41, 5.74) is 1.55. The van der Waals surface area contributed by atoms with Gasteiger partial charge >= 0.3 is 11.9 Å². The van der Waals surface area contributed by atoms with E-state index in [1.165, 1.54) is 26.4 Å². The van der Waals surface area contributed by atoms with E-state index < -0.39 is 16.8 Å². The van der Waals surface area contributed by atoms with Gasteiger partial charge < -0.3 is 9.47 Å². The minimum atomic E-state index is -1.00. The van der Waals surface area contributed by atoms with Crippen molar-refractivity contribution < 1.29 is 32.6 Å². The van der Waals surface area contributed by atoms with Gasteiger partial charge in [-0.3, -0.25) is 14.4 Å². The number of hydrogen-bond donors (Lipinski definition) is 0. The van der Waals surface area contributed by atoms with E-state index in [1.54, 1.807) is 32.0 Å². The average Bonchev–Trinajstić information content (AvgIpc) is 3.46. The van der Waals surface area contributed by atoms with E-state index in [0.29, 0.717) is 41.5 Å². The summed E-state index contributed by atoms with van der Waals surface area (Å²) >= 11 is 0. The maximum absolute atomic E-state index is 13.7. The van der Waals surface area contributed by atoms with Crippen LogP contribution in [0.4, 0.5) is 8.78 Å². The SMILES string of the molecule is COC(=O)[C@@]1(c2cccc(F)c2C)CCC(=O)C1.COC(=O)[C@]1(c2cccc(F)c2C)C=C(C)CC1.S. The van der Waals surface area contributed by atoms with Gasteiger partial charge in [0, 0.05) is 12.8 Å². The molecular weight excluding hydrogens is 498 g/mol. The van der Waals surface area contributed by atoms with Crippen molar-refractivity contribution in [1.29, 1.82) is 0 Å². The number of rotatable bonds is 4. The van der Waals surface area contributed by atoms with Gasteiger partial charge in [-0.05, 0) is 74.4 Å². The van der Waals surface area contributed by atoms with Crippen LogP contribution in [0.5, 0.6) is 0 Å². The Morgan fingerprint density at radius 2 is 1.35 bits per heavy atom.